The van der Waals surface area contributed by atoms with E-state index < -0.39 is 28.4 Å². The molecule has 0 aliphatic carbocycles. The van der Waals surface area contributed by atoms with Gasteiger partial charge in [0.2, 0.25) is 0 Å². The number of hydrogen-bond acceptors (Lipinski definition) is 6. The van der Waals surface area contributed by atoms with Crippen LogP contribution in [0.1, 0.15) is 37.4 Å². The largest absolute Gasteiger partial charge is 0.507 e. The van der Waals surface area contributed by atoms with Crippen molar-refractivity contribution >= 4 is 23.1 Å². The Hall–Kier alpha value is -3.52. The minimum Gasteiger partial charge on any atom is -0.507 e. The molecule has 1 amide bonds. The highest BCUT2D eigenvalue weighted by molar-refractivity contribution is 6.46. The zero-order valence-electron chi connectivity index (χ0n) is 17.4. The summed E-state index contributed by atoms with van der Waals surface area (Å²) in [7, 11) is 0. The second-order valence-electron chi connectivity index (χ2n) is 7.48. The summed E-state index contributed by atoms with van der Waals surface area (Å²) < 4.78 is 5.54. The maximum Gasteiger partial charge on any atom is 0.295 e. The lowest BCUT2D eigenvalue weighted by atomic mass is 9.95. The van der Waals surface area contributed by atoms with Crippen molar-refractivity contribution in [3.63, 3.8) is 0 Å². The number of Topliss-reactive ketones (excluding diaryl/α,β-unsaturated/α-hetero) is 1. The number of likely N-dealkylation sites (tertiary alicyclic amines) is 1. The summed E-state index contributed by atoms with van der Waals surface area (Å²) in [6, 6.07) is 13.5. The quantitative estimate of drug-likeness (QED) is 0.172. The molecule has 2 aromatic rings. The molecule has 0 saturated carbocycles. The van der Waals surface area contributed by atoms with Gasteiger partial charge in [-0.1, -0.05) is 42.5 Å². The second kappa shape index (κ2) is 9.53. The van der Waals surface area contributed by atoms with Crippen LogP contribution in [0.25, 0.3) is 5.76 Å². The summed E-state index contributed by atoms with van der Waals surface area (Å²) in [5.41, 5.74) is 0.469. The lowest BCUT2D eigenvalue weighted by molar-refractivity contribution is -0.384. The number of rotatable bonds is 8. The summed E-state index contributed by atoms with van der Waals surface area (Å²) in [4.78, 5) is 37.7. The number of ether oxygens (including phenoxy) is 1. The number of carbonyl (C=O) groups is 2. The van der Waals surface area contributed by atoms with Crippen LogP contribution in [0.4, 0.5) is 5.69 Å². The third-order valence-corrected chi connectivity index (χ3v) is 4.98. The minimum absolute atomic E-state index is 0.0502. The van der Waals surface area contributed by atoms with Gasteiger partial charge in [0.15, 0.2) is 0 Å². The van der Waals surface area contributed by atoms with Crippen LogP contribution in [0.5, 0.6) is 0 Å². The van der Waals surface area contributed by atoms with Gasteiger partial charge >= 0.3 is 0 Å². The summed E-state index contributed by atoms with van der Waals surface area (Å²) in [5, 5.41) is 22.1. The summed E-state index contributed by atoms with van der Waals surface area (Å²) in [6.07, 6.45) is 0.569. The van der Waals surface area contributed by atoms with Crippen molar-refractivity contribution < 1.29 is 24.4 Å². The van der Waals surface area contributed by atoms with Gasteiger partial charge < -0.3 is 14.7 Å². The first-order chi connectivity index (χ1) is 14.8. The third-order valence-electron chi connectivity index (χ3n) is 4.98. The van der Waals surface area contributed by atoms with Crippen molar-refractivity contribution in [1.82, 2.24) is 4.90 Å². The van der Waals surface area contributed by atoms with Crippen molar-refractivity contribution in [2.45, 2.75) is 32.4 Å². The Balaban J connectivity index is 2.04. The second-order valence-corrected chi connectivity index (χ2v) is 7.48. The maximum atomic E-state index is 12.9. The van der Waals surface area contributed by atoms with Gasteiger partial charge in [-0.25, -0.2) is 0 Å². The van der Waals surface area contributed by atoms with E-state index in [9.17, 15) is 24.8 Å². The average molecular weight is 424 g/mol. The Morgan fingerprint density at radius 1 is 1.16 bits per heavy atom. The molecule has 8 nitrogen and oxygen atoms in total. The van der Waals surface area contributed by atoms with Crippen molar-refractivity contribution in [2.75, 3.05) is 13.2 Å². The Labute approximate surface area is 179 Å². The van der Waals surface area contributed by atoms with E-state index in [1.807, 2.05) is 19.9 Å². The highest BCUT2D eigenvalue weighted by Gasteiger charge is 2.45. The highest BCUT2D eigenvalue weighted by Crippen LogP contribution is 2.39. The fourth-order valence-corrected chi connectivity index (χ4v) is 3.57. The molecule has 0 unspecified atom stereocenters. The topological polar surface area (TPSA) is 110 Å². The van der Waals surface area contributed by atoms with Gasteiger partial charge in [-0.2, -0.15) is 0 Å². The molecule has 1 aliphatic rings. The summed E-state index contributed by atoms with van der Waals surface area (Å²) >= 11 is 0. The molecule has 0 bridgehead atoms. The van der Waals surface area contributed by atoms with Gasteiger partial charge in [-0.3, -0.25) is 19.7 Å². The van der Waals surface area contributed by atoms with E-state index in [2.05, 4.69) is 0 Å². The van der Waals surface area contributed by atoms with Gasteiger partial charge in [-0.05, 0) is 25.8 Å². The lowest BCUT2D eigenvalue weighted by Crippen LogP contribution is -2.31. The number of amides is 1. The number of hydrogen-bond donors (Lipinski definition) is 1. The van der Waals surface area contributed by atoms with Gasteiger partial charge in [0.1, 0.15) is 5.76 Å². The molecule has 1 heterocycles. The van der Waals surface area contributed by atoms with Crippen molar-refractivity contribution in [1.29, 1.82) is 0 Å². The molecule has 3 rings (SSSR count). The van der Waals surface area contributed by atoms with E-state index in [1.54, 1.807) is 24.3 Å². The molecule has 1 aliphatic heterocycles. The summed E-state index contributed by atoms with van der Waals surface area (Å²) in [6.45, 7) is 4.51. The van der Waals surface area contributed by atoms with E-state index >= 15 is 0 Å². The number of ketones is 1. The number of aliphatic hydroxyl groups excluding tert-OH is 1. The average Bonchev–Trinajstić information content (AvgIpc) is 3.01. The van der Waals surface area contributed by atoms with Crippen LogP contribution >= 0.6 is 0 Å². The normalized spacial score (nSPS) is 18.0. The smallest absolute Gasteiger partial charge is 0.295 e. The first-order valence-corrected chi connectivity index (χ1v) is 10.0. The highest BCUT2D eigenvalue weighted by atomic mass is 16.6. The number of nitrogens with zero attached hydrogens (tertiary/aromatic N) is 2. The number of non-ortho nitro benzene ring substituents is 1. The lowest BCUT2D eigenvalue weighted by Gasteiger charge is -2.25. The molecule has 1 atom stereocenters. The van der Waals surface area contributed by atoms with E-state index in [0.717, 1.165) is 0 Å². The van der Waals surface area contributed by atoms with Gasteiger partial charge in [0.05, 0.1) is 22.6 Å². The number of carbonyl (C=O) groups excluding carboxylic acids is 2. The number of nitro benzene ring substituents is 1. The van der Waals surface area contributed by atoms with Crippen LogP contribution in [0.15, 0.2) is 60.2 Å². The molecule has 8 heteroatoms. The fraction of sp³-hybridized carbons (Fsp3) is 0.304. The predicted octanol–water partition coefficient (Wildman–Crippen LogP) is 3.83. The standard InChI is InChI=1S/C23H24N2O6/c1-15(2)31-13-7-12-24-20(16-8-4-3-5-9-16)19(22(27)23(24)28)21(26)17-10-6-11-18(14-17)25(29)30/h3-6,8-11,14-15,20,26H,7,12-13H2,1-2H3/t20-/m0/s1. The Bertz CT molecular complexity index is 1020. The Kier molecular flexibility index (Phi) is 6.81. The van der Waals surface area contributed by atoms with Gasteiger partial charge in [-0.15, -0.1) is 0 Å². The Morgan fingerprint density at radius 2 is 1.87 bits per heavy atom. The number of nitro groups is 1. The molecular weight excluding hydrogens is 400 g/mol. The first-order valence-electron chi connectivity index (χ1n) is 10.0. The van der Waals surface area contributed by atoms with Crippen LogP contribution in [0, 0.1) is 10.1 Å². The maximum absolute atomic E-state index is 12.9. The molecule has 1 N–H and O–H groups in total. The van der Waals surface area contributed by atoms with Crippen LogP contribution in [0.2, 0.25) is 0 Å². The molecule has 0 aromatic heterocycles. The van der Waals surface area contributed by atoms with Crippen LogP contribution < -0.4 is 0 Å². The fourth-order valence-electron chi connectivity index (χ4n) is 3.57. The zero-order chi connectivity index (χ0) is 22.5. The van der Waals surface area contributed by atoms with Gasteiger partial charge in [0.25, 0.3) is 17.4 Å². The van der Waals surface area contributed by atoms with E-state index in [0.29, 0.717) is 18.6 Å². The van der Waals surface area contributed by atoms with E-state index in [4.69, 9.17) is 4.74 Å². The first kappa shape index (κ1) is 22.2. The SMILES string of the molecule is CC(C)OCCCN1C(=O)C(=O)C(=C(O)c2cccc([N+](=O)[O-])c2)[C@@H]1c1ccccc1. The third kappa shape index (κ3) is 4.80. The predicted molar refractivity (Wildman–Crippen MR) is 114 cm³/mol. The zero-order valence-corrected chi connectivity index (χ0v) is 17.4. The van der Waals surface area contributed by atoms with Crippen LogP contribution in [0.3, 0.4) is 0 Å². The molecule has 2 aromatic carbocycles. The van der Waals surface area contributed by atoms with Crippen molar-refractivity contribution in [2.24, 2.45) is 0 Å². The van der Waals surface area contributed by atoms with Crippen molar-refractivity contribution in [3.8, 4) is 0 Å². The molecule has 162 valence electrons. The van der Waals surface area contributed by atoms with E-state index in [1.165, 1.54) is 29.2 Å². The molecule has 1 fully saturated rings. The molecule has 0 radical (unpaired) electrons. The van der Waals surface area contributed by atoms with Crippen LogP contribution in [-0.2, 0) is 14.3 Å². The van der Waals surface area contributed by atoms with Crippen LogP contribution in [-0.4, -0.2) is 45.9 Å². The molecule has 1 saturated heterocycles. The van der Waals surface area contributed by atoms with Gasteiger partial charge in [0, 0.05) is 30.8 Å². The molecule has 31 heavy (non-hydrogen) atoms. The number of benzene rings is 2. The van der Waals surface area contributed by atoms with E-state index in [-0.39, 0.29) is 29.5 Å². The minimum atomic E-state index is -0.817. The van der Waals surface area contributed by atoms with Crippen molar-refractivity contribution in [3.05, 3.63) is 81.4 Å². The number of aliphatic hydroxyl groups is 1. The Morgan fingerprint density at radius 3 is 2.52 bits per heavy atom. The monoisotopic (exact) mass is 424 g/mol. The summed E-state index contributed by atoms with van der Waals surface area (Å²) in [5.74, 6) is -1.97. The molecular formula is C23H24N2O6. The molecule has 0 spiro atoms.